The van der Waals surface area contributed by atoms with E-state index in [0.29, 0.717) is 12.8 Å². The van der Waals surface area contributed by atoms with Gasteiger partial charge in [0.15, 0.2) is 11.4 Å². The third-order valence-corrected chi connectivity index (χ3v) is 8.21. The summed E-state index contributed by atoms with van der Waals surface area (Å²) in [6.45, 7) is 2.80. The number of fused-ring (bicyclic) bond motifs is 3. The van der Waals surface area contributed by atoms with Gasteiger partial charge in [0.05, 0.1) is 5.56 Å². The molecule has 0 bridgehead atoms. The molecule has 0 aromatic heterocycles. The molecule has 3 atom stereocenters. The summed E-state index contributed by atoms with van der Waals surface area (Å²) >= 11 is 0. The molecule has 5 rings (SSSR count). The van der Waals surface area contributed by atoms with Gasteiger partial charge in [-0.2, -0.15) is 0 Å². The van der Waals surface area contributed by atoms with E-state index in [1.165, 1.54) is 6.07 Å². The molecule has 1 aromatic rings. The summed E-state index contributed by atoms with van der Waals surface area (Å²) in [5, 5.41) is 43.5. The zero-order valence-corrected chi connectivity index (χ0v) is 19.7. The van der Waals surface area contributed by atoms with Crippen molar-refractivity contribution in [3.05, 3.63) is 51.2 Å². The maximum absolute atomic E-state index is 15.2. The van der Waals surface area contributed by atoms with Gasteiger partial charge in [0.1, 0.15) is 28.7 Å². The number of phenols is 1. The van der Waals surface area contributed by atoms with Crippen LogP contribution in [0.4, 0.5) is 4.39 Å². The Labute approximate surface area is 206 Å². The molecule has 0 radical (unpaired) electrons. The van der Waals surface area contributed by atoms with Gasteiger partial charge in [-0.1, -0.05) is 0 Å². The number of aryl methyl sites for hydroxylation is 1. The van der Waals surface area contributed by atoms with Crippen molar-refractivity contribution in [3.63, 3.8) is 0 Å². The van der Waals surface area contributed by atoms with Crippen LogP contribution in [0.3, 0.4) is 0 Å². The Morgan fingerprint density at radius 2 is 1.86 bits per heavy atom. The molecule has 1 amide bonds. The summed E-state index contributed by atoms with van der Waals surface area (Å²) < 4.78 is 15.2. The number of Topliss-reactive ketones (excluding diaryl/α,β-unsaturated/α-hetero) is 2. The number of hydrogen-bond donors (Lipinski definition) is 5. The number of benzene rings is 1. The normalized spacial score (nSPS) is 28.3. The third kappa shape index (κ3) is 3.54. The first-order valence-corrected chi connectivity index (χ1v) is 12.3. The number of ketones is 2. The molecule has 4 aliphatic rings. The standard InChI is InChI=1S/C26H29FN2O7/c27-16-10-12(4-3-7-29-5-1-2-6-29)21(31)19-15(16)9-13-8-14-11-17(30)20(25(28)35)24(34)26(14,36)23(33)18(13)22(19)32/h10,13-14,30-31,33,36H,1-9,11H2,(H2,28,35)/t13?,14-,26-/m0/s1. The van der Waals surface area contributed by atoms with Crippen molar-refractivity contribution in [3.8, 4) is 5.75 Å². The number of allylic oxidation sites excluding steroid dienone is 2. The molecule has 6 N–H and O–H groups in total. The number of aromatic hydroxyl groups is 1. The number of aliphatic hydroxyl groups is 3. The van der Waals surface area contributed by atoms with Gasteiger partial charge in [-0.25, -0.2) is 4.39 Å². The molecular formula is C26H29FN2O7. The Kier molecular flexibility index (Phi) is 5.91. The lowest BCUT2D eigenvalue weighted by Gasteiger charge is -2.45. The zero-order chi connectivity index (χ0) is 25.9. The first-order chi connectivity index (χ1) is 17.1. The number of aliphatic hydroxyl groups excluding tert-OH is 2. The smallest absolute Gasteiger partial charge is 0.255 e. The summed E-state index contributed by atoms with van der Waals surface area (Å²) in [5.74, 6) is -7.73. The van der Waals surface area contributed by atoms with Crippen molar-refractivity contribution in [1.82, 2.24) is 4.90 Å². The summed E-state index contributed by atoms with van der Waals surface area (Å²) in [7, 11) is 0. The average molecular weight is 501 g/mol. The van der Waals surface area contributed by atoms with Gasteiger partial charge in [-0.05, 0) is 75.7 Å². The van der Waals surface area contributed by atoms with Crippen molar-refractivity contribution >= 4 is 17.5 Å². The Bertz CT molecular complexity index is 1250. The van der Waals surface area contributed by atoms with E-state index in [1.54, 1.807) is 0 Å². The minimum absolute atomic E-state index is 0.0208. The highest BCUT2D eigenvalue weighted by Gasteiger charge is 2.59. The zero-order valence-electron chi connectivity index (χ0n) is 19.7. The van der Waals surface area contributed by atoms with Crippen LogP contribution < -0.4 is 5.73 Å². The van der Waals surface area contributed by atoms with Gasteiger partial charge in [-0.3, -0.25) is 14.4 Å². The van der Waals surface area contributed by atoms with Gasteiger partial charge in [0.2, 0.25) is 5.78 Å². The number of rotatable bonds is 5. The molecule has 10 heteroatoms. The topological polar surface area (TPSA) is 161 Å². The number of halogens is 1. The fourth-order valence-corrected chi connectivity index (χ4v) is 6.38. The van der Waals surface area contributed by atoms with Crippen LogP contribution in [0.15, 0.2) is 28.7 Å². The van der Waals surface area contributed by atoms with Gasteiger partial charge in [0, 0.05) is 23.5 Å². The van der Waals surface area contributed by atoms with E-state index in [1.807, 2.05) is 0 Å². The summed E-state index contributed by atoms with van der Waals surface area (Å²) in [6.07, 6.45) is 2.91. The van der Waals surface area contributed by atoms with Crippen molar-refractivity contribution in [1.29, 1.82) is 0 Å². The largest absolute Gasteiger partial charge is 0.511 e. The number of hydrogen-bond acceptors (Lipinski definition) is 8. The van der Waals surface area contributed by atoms with Crippen molar-refractivity contribution in [2.75, 3.05) is 19.6 Å². The van der Waals surface area contributed by atoms with Gasteiger partial charge < -0.3 is 31.1 Å². The highest BCUT2D eigenvalue weighted by Crippen LogP contribution is 2.51. The lowest BCUT2D eigenvalue weighted by molar-refractivity contribution is -0.144. The molecule has 1 heterocycles. The quantitative estimate of drug-likeness (QED) is 0.382. The van der Waals surface area contributed by atoms with Crippen LogP contribution in [-0.2, 0) is 22.4 Å². The molecule has 9 nitrogen and oxygen atoms in total. The molecule has 192 valence electrons. The van der Waals surface area contributed by atoms with Crippen LogP contribution in [0, 0.1) is 17.7 Å². The molecule has 36 heavy (non-hydrogen) atoms. The van der Waals surface area contributed by atoms with Crippen LogP contribution in [0.25, 0.3) is 0 Å². The maximum Gasteiger partial charge on any atom is 0.255 e. The number of carbonyl (C=O) groups excluding carboxylic acids is 3. The number of carbonyl (C=O) groups is 3. The van der Waals surface area contributed by atoms with Crippen LogP contribution in [0.5, 0.6) is 5.75 Å². The highest BCUT2D eigenvalue weighted by molar-refractivity contribution is 6.24. The summed E-state index contributed by atoms with van der Waals surface area (Å²) in [4.78, 5) is 40.5. The molecule has 0 saturated carbocycles. The highest BCUT2D eigenvalue weighted by atomic mass is 19.1. The van der Waals surface area contributed by atoms with Gasteiger partial charge in [-0.15, -0.1) is 0 Å². The summed E-state index contributed by atoms with van der Waals surface area (Å²) in [5.41, 5.74) is 1.49. The minimum atomic E-state index is -2.63. The Hall–Kier alpha value is -3.24. The number of likely N-dealkylation sites (tertiary alicyclic amines) is 1. The van der Waals surface area contributed by atoms with E-state index >= 15 is 4.39 Å². The lowest BCUT2D eigenvalue weighted by Crippen LogP contribution is -2.57. The van der Waals surface area contributed by atoms with Crippen LogP contribution >= 0.6 is 0 Å². The maximum atomic E-state index is 15.2. The lowest BCUT2D eigenvalue weighted by atomic mass is 9.60. The molecule has 1 saturated heterocycles. The second-order valence-corrected chi connectivity index (χ2v) is 10.3. The monoisotopic (exact) mass is 500 g/mol. The molecule has 1 fully saturated rings. The number of primary amides is 1. The Morgan fingerprint density at radius 1 is 1.17 bits per heavy atom. The first kappa shape index (κ1) is 24.5. The van der Waals surface area contributed by atoms with E-state index in [4.69, 9.17) is 5.73 Å². The third-order valence-electron chi connectivity index (χ3n) is 8.21. The number of phenolic OH excluding ortho intramolecular Hbond substituents is 1. The molecule has 1 aromatic carbocycles. The summed E-state index contributed by atoms with van der Waals surface area (Å²) in [6, 6.07) is 1.25. The van der Waals surface area contributed by atoms with Crippen molar-refractivity contribution < 1.29 is 39.2 Å². The van der Waals surface area contributed by atoms with Gasteiger partial charge in [0.25, 0.3) is 5.91 Å². The molecule has 1 aliphatic heterocycles. The predicted octanol–water partition coefficient (Wildman–Crippen LogP) is 1.75. The van der Waals surface area contributed by atoms with Crippen molar-refractivity contribution in [2.24, 2.45) is 17.6 Å². The fourth-order valence-electron chi connectivity index (χ4n) is 6.38. The SMILES string of the molecule is NC(=O)C1=C(O)C[C@@H]2CC3Cc4c(F)cc(CCCN5CCCC5)c(O)c4C(=O)C3=C(O)[C@]2(O)C1=O. The molecule has 0 spiro atoms. The predicted molar refractivity (Wildman–Crippen MR) is 125 cm³/mol. The molecule has 1 unspecified atom stereocenters. The minimum Gasteiger partial charge on any atom is -0.511 e. The van der Waals surface area contributed by atoms with Crippen LogP contribution in [0.2, 0.25) is 0 Å². The number of nitrogens with zero attached hydrogens (tertiary/aromatic N) is 1. The van der Waals surface area contributed by atoms with Crippen LogP contribution in [-0.4, -0.2) is 68.0 Å². The van der Waals surface area contributed by atoms with Crippen molar-refractivity contribution in [2.45, 2.75) is 50.5 Å². The number of nitrogens with two attached hydrogens (primary N) is 1. The Morgan fingerprint density at radius 3 is 2.53 bits per heavy atom. The van der Waals surface area contributed by atoms with E-state index < -0.39 is 57.8 Å². The Balaban J connectivity index is 1.52. The second kappa shape index (κ2) is 8.70. The number of amides is 1. The van der Waals surface area contributed by atoms with E-state index in [0.717, 1.165) is 32.5 Å². The van der Waals surface area contributed by atoms with E-state index in [9.17, 15) is 34.8 Å². The van der Waals surface area contributed by atoms with Gasteiger partial charge >= 0.3 is 0 Å². The van der Waals surface area contributed by atoms with Crippen LogP contribution in [0.1, 0.15) is 53.6 Å². The fraction of sp³-hybridized carbons (Fsp3) is 0.500. The van der Waals surface area contributed by atoms with E-state index in [2.05, 4.69) is 4.90 Å². The second-order valence-electron chi connectivity index (χ2n) is 10.3. The molecular weight excluding hydrogens is 471 g/mol. The average Bonchev–Trinajstić information content (AvgIpc) is 3.32. The van der Waals surface area contributed by atoms with E-state index in [-0.39, 0.29) is 47.3 Å². The molecule has 3 aliphatic carbocycles. The first-order valence-electron chi connectivity index (χ1n) is 12.3.